The molecule has 4 heteroatoms. The molecule has 3 aromatic rings. The molecular weight excluding hydrogens is 298 g/mol. The van der Waals surface area contributed by atoms with Gasteiger partial charge < -0.3 is 15.0 Å². The van der Waals surface area contributed by atoms with Crippen LogP contribution in [0.15, 0.2) is 48.9 Å². The zero-order chi connectivity index (χ0) is 16.5. The minimum absolute atomic E-state index is 0.274. The van der Waals surface area contributed by atoms with Crippen LogP contribution in [0.5, 0.6) is 5.75 Å². The van der Waals surface area contributed by atoms with E-state index in [2.05, 4.69) is 40.3 Å². The molecule has 0 saturated heterocycles. The number of allylic oxidation sites excluding steroid dienone is 1. The molecule has 1 aliphatic heterocycles. The van der Waals surface area contributed by atoms with Crippen LogP contribution < -0.4 is 0 Å². The zero-order valence-corrected chi connectivity index (χ0v) is 13.8. The summed E-state index contributed by atoms with van der Waals surface area (Å²) >= 11 is 0. The Bertz CT molecular complexity index is 910. The fourth-order valence-corrected chi connectivity index (χ4v) is 3.39. The summed E-state index contributed by atoms with van der Waals surface area (Å²) in [5.74, 6) is 0.274. The van der Waals surface area contributed by atoms with Crippen molar-refractivity contribution in [2.75, 3.05) is 13.1 Å². The Kier molecular flexibility index (Phi) is 3.73. The van der Waals surface area contributed by atoms with E-state index in [-0.39, 0.29) is 5.75 Å². The Balaban J connectivity index is 1.81. The Labute approximate surface area is 141 Å². The van der Waals surface area contributed by atoms with E-state index >= 15 is 0 Å². The number of aromatic nitrogens is 2. The molecule has 0 fully saturated rings. The van der Waals surface area contributed by atoms with Gasteiger partial charge in [-0.05, 0) is 49.1 Å². The molecule has 0 saturated carbocycles. The number of aromatic hydroxyl groups is 1. The number of H-pyrrole nitrogens is 1. The summed E-state index contributed by atoms with van der Waals surface area (Å²) in [5.41, 5.74) is 5.50. The van der Waals surface area contributed by atoms with Crippen molar-refractivity contribution in [3.63, 3.8) is 0 Å². The van der Waals surface area contributed by atoms with E-state index in [1.165, 1.54) is 17.6 Å². The second kappa shape index (κ2) is 6.04. The SMILES string of the molecule is CCN1C=C(c2c[nH]c3ncc(-c4cccc(O)c4)cc23)CCC1. The van der Waals surface area contributed by atoms with Gasteiger partial charge in [0.1, 0.15) is 11.4 Å². The first kappa shape index (κ1) is 14.8. The molecule has 2 aromatic heterocycles. The highest BCUT2D eigenvalue weighted by Gasteiger charge is 2.15. The van der Waals surface area contributed by atoms with Crippen LogP contribution in [0.3, 0.4) is 0 Å². The molecule has 0 aliphatic carbocycles. The minimum Gasteiger partial charge on any atom is -0.508 e. The number of fused-ring (bicyclic) bond motifs is 1. The zero-order valence-electron chi connectivity index (χ0n) is 13.8. The van der Waals surface area contributed by atoms with Gasteiger partial charge in [-0.25, -0.2) is 4.98 Å². The minimum atomic E-state index is 0.274. The summed E-state index contributed by atoms with van der Waals surface area (Å²) in [4.78, 5) is 10.2. The molecular formula is C20H21N3O. The lowest BCUT2D eigenvalue weighted by Crippen LogP contribution is -2.21. The van der Waals surface area contributed by atoms with Gasteiger partial charge in [-0.3, -0.25) is 0 Å². The van der Waals surface area contributed by atoms with Crippen LogP contribution in [0.2, 0.25) is 0 Å². The molecule has 2 N–H and O–H groups in total. The quantitative estimate of drug-likeness (QED) is 0.752. The standard InChI is InChI=1S/C20H21N3O/c1-2-23-8-4-6-15(13-23)19-12-22-20-18(19)10-16(11-21-20)14-5-3-7-17(24)9-14/h3,5,7,9-13,24H,2,4,6,8H2,1H3,(H,21,22). The predicted octanol–water partition coefficient (Wildman–Crippen LogP) is 4.39. The highest BCUT2D eigenvalue weighted by Crippen LogP contribution is 2.32. The molecule has 0 amide bonds. The normalized spacial score (nSPS) is 14.9. The molecule has 24 heavy (non-hydrogen) atoms. The third-order valence-electron chi connectivity index (χ3n) is 4.69. The summed E-state index contributed by atoms with van der Waals surface area (Å²) in [5, 5.41) is 10.9. The van der Waals surface area contributed by atoms with Crippen LogP contribution in [0, 0.1) is 0 Å². The number of nitrogens with zero attached hydrogens (tertiary/aromatic N) is 2. The van der Waals surface area contributed by atoms with Crippen molar-refractivity contribution in [2.24, 2.45) is 0 Å². The van der Waals surface area contributed by atoms with Crippen molar-refractivity contribution in [2.45, 2.75) is 19.8 Å². The number of benzene rings is 1. The lowest BCUT2D eigenvalue weighted by molar-refractivity contribution is 0.378. The lowest BCUT2D eigenvalue weighted by atomic mass is 9.98. The van der Waals surface area contributed by atoms with E-state index in [0.717, 1.165) is 41.7 Å². The summed E-state index contributed by atoms with van der Waals surface area (Å²) < 4.78 is 0. The average Bonchev–Trinajstić information content (AvgIpc) is 3.05. The van der Waals surface area contributed by atoms with Crippen LogP contribution in [0.1, 0.15) is 25.3 Å². The van der Waals surface area contributed by atoms with Crippen molar-refractivity contribution in [1.29, 1.82) is 0 Å². The van der Waals surface area contributed by atoms with Crippen molar-refractivity contribution < 1.29 is 5.11 Å². The largest absolute Gasteiger partial charge is 0.508 e. The van der Waals surface area contributed by atoms with Crippen molar-refractivity contribution >= 4 is 16.6 Å². The Hall–Kier alpha value is -2.75. The van der Waals surface area contributed by atoms with Crippen molar-refractivity contribution in [3.8, 4) is 16.9 Å². The molecule has 4 rings (SSSR count). The van der Waals surface area contributed by atoms with Gasteiger partial charge in [0, 0.05) is 48.2 Å². The molecule has 3 heterocycles. The molecule has 122 valence electrons. The molecule has 0 radical (unpaired) electrons. The summed E-state index contributed by atoms with van der Waals surface area (Å²) in [7, 11) is 0. The second-order valence-electron chi connectivity index (χ2n) is 6.26. The number of nitrogens with one attached hydrogen (secondary N) is 1. The van der Waals surface area contributed by atoms with Gasteiger partial charge in [-0.2, -0.15) is 0 Å². The Morgan fingerprint density at radius 2 is 2.17 bits per heavy atom. The first-order valence-electron chi connectivity index (χ1n) is 8.46. The van der Waals surface area contributed by atoms with E-state index in [0.29, 0.717) is 0 Å². The van der Waals surface area contributed by atoms with Crippen LogP contribution in [0.4, 0.5) is 0 Å². The summed E-state index contributed by atoms with van der Waals surface area (Å²) in [6.45, 7) is 4.37. The smallest absolute Gasteiger partial charge is 0.137 e. The van der Waals surface area contributed by atoms with Crippen LogP contribution >= 0.6 is 0 Å². The average molecular weight is 319 g/mol. The number of aromatic amines is 1. The maximum Gasteiger partial charge on any atom is 0.137 e. The highest BCUT2D eigenvalue weighted by atomic mass is 16.3. The number of hydrogen-bond acceptors (Lipinski definition) is 3. The van der Waals surface area contributed by atoms with Crippen LogP contribution in [-0.4, -0.2) is 33.1 Å². The fraction of sp³-hybridized carbons (Fsp3) is 0.250. The molecule has 0 atom stereocenters. The van der Waals surface area contributed by atoms with E-state index in [1.54, 1.807) is 12.1 Å². The predicted molar refractivity (Wildman–Crippen MR) is 97.7 cm³/mol. The maximum atomic E-state index is 9.72. The maximum absolute atomic E-state index is 9.72. The number of rotatable bonds is 3. The lowest BCUT2D eigenvalue weighted by Gasteiger charge is -2.25. The van der Waals surface area contributed by atoms with Crippen LogP contribution in [0.25, 0.3) is 27.7 Å². The third-order valence-corrected chi connectivity index (χ3v) is 4.69. The molecule has 0 spiro atoms. The van der Waals surface area contributed by atoms with Gasteiger partial charge in [0.15, 0.2) is 0 Å². The second-order valence-corrected chi connectivity index (χ2v) is 6.26. The van der Waals surface area contributed by atoms with Crippen molar-refractivity contribution in [1.82, 2.24) is 14.9 Å². The molecule has 4 nitrogen and oxygen atoms in total. The monoisotopic (exact) mass is 319 g/mol. The van der Waals surface area contributed by atoms with Gasteiger partial charge in [0.05, 0.1) is 0 Å². The van der Waals surface area contributed by atoms with Gasteiger partial charge in [-0.15, -0.1) is 0 Å². The van der Waals surface area contributed by atoms with Crippen LogP contribution in [-0.2, 0) is 0 Å². The van der Waals surface area contributed by atoms with Gasteiger partial charge in [0.2, 0.25) is 0 Å². The third kappa shape index (κ3) is 2.64. The van der Waals surface area contributed by atoms with Gasteiger partial charge in [0.25, 0.3) is 0 Å². The van der Waals surface area contributed by atoms with E-state index in [1.807, 2.05) is 18.3 Å². The molecule has 1 aliphatic rings. The van der Waals surface area contributed by atoms with Gasteiger partial charge in [-0.1, -0.05) is 12.1 Å². The Morgan fingerprint density at radius 3 is 3.00 bits per heavy atom. The number of phenols is 1. The fourth-order valence-electron chi connectivity index (χ4n) is 3.39. The molecule has 0 unspecified atom stereocenters. The number of phenolic OH excluding ortho intramolecular Hbond substituents is 1. The first-order chi connectivity index (χ1) is 11.7. The van der Waals surface area contributed by atoms with Crippen molar-refractivity contribution in [3.05, 3.63) is 54.5 Å². The highest BCUT2D eigenvalue weighted by molar-refractivity contribution is 5.93. The summed E-state index contributed by atoms with van der Waals surface area (Å²) in [6, 6.07) is 9.47. The Morgan fingerprint density at radius 1 is 1.25 bits per heavy atom. The number of pyridine rings is 1. The first-order valence-corrected chi connectivity index (χ1v) is 8.46. The van der Waals surface area contributed by atoms with Gasteiger partial charge >= 0.3 is 0 Å². The van der Waals surface area contributed by atoms with E-state index < -0.39 is 0 Å². The topological polar surface area (TPSA) is 52.2 Å². The number of hydrogen-bond donors (Lipinski definition) is 2. The molecule has 1 aromatic carbocycles. The van der Waals surface area contributed by atoms with E-state index in [4.69, 9.17) is 0 Å². The van der Waals surface area contributed by atoms with E-state index in [9.17, 15) is 5.11 Å². The summed E-state index contributed by atoms with van der Waals surface area (Å²) in [6.07, 6.45) is 8.48. The molecule has 0 bridgehead atoms.